The summed E-state index contributed by atoms with van der Waals surface area (Å²) < 4.78 is 5.09. The molecule has 0 saturated carbocycles. The Bertz CT molecular complexity index is 378. The first-order valence-electron chi connectivity index (χ1n) is 4.36. The first kappa shape index (κ1) is 9.34. The lowest BCUT2D eigenvalue weighted by Crippen LogP contribution is -2.22. The molecule has 1 amide bonds. The number of nitrogens with zero attached hydrogens (tertiary/aromatic N) is 1. The summed E-state index contributed by atoms with van der Waals surface area (Å²) in [6, 6.07) is 5.69. The number of benzene rings is 1. The average molecular weight is 212 g/mol. The second-order valence-electron chi connectivity index (χ2n) is 3.15. The lowest BCUT2D eigenvalue weighted by Gasteiger charge is -2.13. The molecule has 1 heterocycles. The maximum Gasteiger partial charge on any atom is 0.320 e. The van der Waals surface area contributed by atoms with E-state index in [-0.39, 0.29) is 0 Å². The molecular formula is C10H10ClNO2. The Labute approximate surface area is 87.2 Å². The van der Waals surface area contributed by atoms with Crippen molar-refractivity contribution in [3.8, 4) is 5.75 Å². The number of fused-ring (bicyclic) bond motifs is 1. The molecule has 0 radical (unpaired) electrons. The zero-order chi connectivity index (χ0) is 10.1. The van der Waals surface area contributed by atoms with E-state index in [0.29, 0.717) is 6.54 Å². The van der Waals surface area contributed by atoms with Gasteiger partial charge in [0.15, 0.2) is 0 Å². The van der Waals surface area contributed by atoms with Crippen molar-refractivity contribution >= 4 is 22.7 Å². The Morgan fingerprint density at radius 2 is 2.36 bits per heavy atom. The van der Waals surface area contributed by atoms with Crippen LogP contribution in [0.4, 0.5) is 10.5 Å². The summed E-state index contributed by atoms with van der Waals surface area (Å²) in [5, 5.41) is -0.433. The third kappa shape index (κ3) is 1.44. The number of hydrogen-bond donors (Lipinski definition) is 0. The molecule has 3 nitrogen and oxygen atoms in total. The number of halogens is 1. The van der Waals surface area contributed by atoms with Gasteiger partial charge in [-0.05, 0) is 29.7 Å². The van der Waals surface area contributed by atoms with Crippen LogP contribution in [0.25, 0.3) is 0 Å². The van der Waals surface area contributed by atoms with Crippen molar-refractivity contribution in [3.63, 3.8) is 0 Å². The lowest BCUT2D eigenvalue weighted by molar-refractivity contribution is 0.264. The summed E-state index contributed by atoms with van der Waals surface area (Å²) in [6.07, 6.45) is 0.859. The SMILES string of the molecule is COc1ccc2c(c1)N(C(=O)Cl)CC2. The van der Waals surface area contributed by atoms with E-state index in [2.05, 4.69) is 0 Å². The van der Waals surface area contributed by atoms with Crippen molar-refractivity contribution in [2.45, 2.75) is 6.42 Å². The summed E-state index contributed by atoms with van der Waals surface area (Å²) >= 11 is 5.45. The van der Waals surface area contributed by atoms with Crippen molar-refractivity contribution in [2.75, 3.05) is 18.6 Å². The van der Waals surface area contributed by atoms with Gasteiger partial charge in [-0.15, -0.1) is 0 Å². The molecule has 0 spiro atoms. The van der Waals surface area contributed by atoms with E-state index in [1.807, 2.05) is 18.2 Å². The van der Waals surface area contributed by atoms with E-state index in [0.717, 1.165) is 23.4 Å². The number of rotatable bonds is 1. The third-order valence-corrected chi connectivity index (χ3v) is 2.60. The first-order valence-corrected chi connectivity index (χ1v) is 4.74. The van der Waals surface area contributed by atoms with E-state index in [1.54, 1.807) is 12.0 Å². The highest BCUT2D eigenvalue weighted by Gasteiger charge is 2.23. The molecule has 0 N–H and O–H groups in total. The second kappa shape index (κ2) is 3.50. The normalized spacial score (nSPS) is 14.0. The van der Waals surface area contributed by atoms with Gasteiger partial charge >= 0.3 is 5.37 Å². The molecule has 0 bridgehead atoms. The smallest absolute Gasteiger partial charge is 0.320 e. The molecule has 1 aliphatic rings. The Morgan fingerprint density at radius 3 is 3.00 bits per heavy atom. The molecule has 1 aliphatic heterocycles. The number of carbonyl (C=O) groups is 1. The summed E-state index contributed by atoms with van der Waals surface area (Å²) in [5.74, 6) is 0.744. The van der Waals surface area contributed by atoms with E-state index < -0.39 is 5.37 Å². The van der Waals surface area contributed by atoms with Crippen LogP contribution in [0.15, 0.2) is 18.2 Å². The van der Waals surface area contributed by atoms with E-state index in [9.17, 15) is 4.79 Å². The third-order valence-electron chi connectivity index (χ3n) is 2.40. The van der Waals surface area contributed by atoms with Crippen LogP contribution in [0.1, 0.15) is 5.56 Å². The van der Waals surface area contributed by atoms with Gasteiger partial charge in [-0.3, -0.25) is 9.69 Å². The summed E-state index contributed by atoms with van der Waals surface area (Å²) in [4.78, 5) is 12.6. The van der Waals surface area contributed by atoms with Crippen molar-refractivity contribution in [1.29, 1.82) is 0 Å². The number of methoxy groups -OCH3 is 1. The van der Waals surface area contributed by atoms with Crippen LogP contribution in [-0.4, -0.2) is 19.0 Å². The highest BCUT2D eigenvalue weighted by Crippen LogP contribution is 2.32. The summed E-state index contributed by atoms with van der Waals surface area (Å²) in [5.41, 5.74) is 2.00. The van der Waals surface area contributed by atoms with Crippen LogP contribution >= 0.6 is 11.6 Å². The number of anilines is 1. The van der Waals surface area contributed by atoms with Crippen molar-refractivity contribution < 1.29 is 9.53 Å². The Hall–Kier alpha value is -1.22. The Balaban J connectivity index is 2.41. The quantitative estimate of drug-likeness (QED) is 0.528. The molecule has 14 heavy (non-hydrogen) atoms. The van der Waals surface area contributed by atoms with Crippen molar-refractivity contribution in [1.82, 2.24) is 0 Å². The molecule has 1 aromatic carbocycles. The van der Waals surface area contributed by atoms with Crippen LogP contribution in [0.2, 0.25) is 0 Å². The number of amides is 1. The van der Waals surface area contributed by atoms with Crippen molar-refractivity contribution in [2.24, 2.45) is 0 Å². The molecule has 0 fully saturated rings. The van der Waals surface area contributed by atoms with Gasteiger partial charge in [-0.1, -0.05) is 6.07 Å². The van der Waals surface area contributed by atoms with Gasteiger partial charge in [-0.25, -0.2) is 0 Å². The molecule has 0 unspecified atom stereocenters. The maximum absolute atomic E-state index is 11.1. The topological polar surface area (TPSA) is 29.5 Å². The van der Waals surface area contributed by atoms with Crippen LogP contribution in [0, 0.1) is 0 Å². The molecular weight excluding hydrogens is 202 g/mol. The summed E-state index contributed by atoms with van der Waals surface area (Å²) in [7, 11) is 1.60. The number of hydrogen-bond acceptors (Lipinski definition) is 2. The molecule has 0 atom stereocenters. The highest BCUT2D eigenvalue weighted by atomic mass is 35.5. The second-order valence-corrected chi connectivity index (χ2v) is 3.47. The van der Waals surface area contributed by atoms with E-state index >= 15 is 0 Å². The Kier molecular flexibility index (Phi) is 2.33. The van der Waals surface area contributed by atoms with Gasteiger partial charge in [0.05, 0.1) is 12.8 Å². The van der Waals surface area contributed by atoms with Gasteiger partial charge in [-0.2, -0.15) is 0 Å². The molecule has 0 aromatic heterocycles. The first-order chi connectivity index (χ1) is 6.72. The zero-order valence-electron chi connectivity index (χ0n) is 7.79. The fourth-order valence-corrected chi connectivity index (χ4v) is 1.84. The Morgan fingerprint density at radius 1 is 1.57 bits per heavy atom. The van der Waals surface area contributed by atoms with E-state index in [1.165, 1.54) is 0 Å². The molecule has 0 aliphatic carbocycles. The fourth-order valence-electron chi connectivity index (χ4n) is 1.67. The number of ether oxygens (including phenoxy) is 1. The van der Waals surface area contributed by atoms with Gasteiger partial charge in [0, 0.05) is 12.6 Å². The van der Waals surface area contributed by atoms with Crippen LogP contribution < -0.4 is 9.64 Å². The highest BCUT2D eigenvalue weighted by molar-refractivity contribution is 6.66. The predicted octanol–water partition coefficient (Wildman–Crippen LogP) is 2.42. The van der Waals surface area contributed by atoms with Gasteiger partial charge in [0.2, 0.25) is 0 Å². The molecule has 0 saturated heterocycles. The van der Waals surface area contributed by atoms with Gasteiger partial charge in [0.25, 0.3) is 0 Å². The monoisotopic (exact) mass is 211 g/mol. The minimum atomic E-state index is -0.433. The molecule has 74 valence electrons. The minimum Gasteiger partial charge on any atom is -0.497 e. The molecule has 4 heteroatoms. The fraction of sp³-hybridized carbons (Fsp3) is 0.300. The molecule has 2 rings (SSSR count). The van der Waals surface area contributed by atoms with Crippen LogP contribution in [0.5, 0.6) is 5.75 Å². The van der Waals surface area contributed by atoms with Gasteiger partial charge < -0.3 is 4.74 Å². The lowest BCUT2D eigenvalue weighted by atomic mass is 10.1. The molecule has 1 aromatic rings. The minimum absolute atomic E-state index is 0.433. The number of carbonyl (C=O) groups excluding carboxylic acids is 1. The van der Waals surface area contributed by atoms with E-state index in [4.69, 9.17) is 16.3 Å². The summed E-state index contributed by atoms with van der Waals surface area (Å²) in [6.45, 7) is 0.658. The zero-order valence-corrected chi connectivity index (χ0v) is 8.54. The largest absolute Gasteiger partial charge is 0.497 e. The predicted molar refractivity (Wildman–Crippen MR) is 55.3 cm³/mol. The average Bonchev–Trinajstić information content (AvgIpc) is 2.59. The van der Waals surface area contributed by atoms with Gasteiger partial charge in [0.1, 0.15) is 5.75 Å². The standard InChI is InChI=1S/C10H10ClNO2/c1-14-8-3-2-7-4-5-12(10(11)13)9(7)6-8/h2-3,6H,4-5H2,1H3. The van der Waals surface area contributed by atoms with Crippen LogP contribution in [-0.2, 0) is 6.42 Å². The maximum atomic E-state index is 11.1. The van der Waals surface area contributed by atoms with Crippen molar-refractivity contribution in [3.05, 3.63) is 23.8 Å². The van der Waals surface area contributed by atoms with Crippen LogP contribution in [0.3, 0.4) is 0 Å².